The molecule has 0 spiro atoms. The minimum absolute atomic E-state index is 0. The summed E-state index contributed by atoms with van der Waals surface area (Å²) in [5.41, 5.74) is 2.25. The van der Waals surface area contributed by atoms with E-state index >= 15 is 0 Å². The van der Waals surface area contributed by atoms with Crippen molar-refractivity contribution in [2.45, 2.75) is 25.0 Å². The molecule has 0 bridgehead atoms. The lowest BCUT2D eigenvalue weighted by atomic mass is 10.1. The first-order valence-corrected chi connectivity index (χ1v) is 9.17. The number of halogens is 1. The third-order valence-corrected chi connectivity index (χ3v) is 4.50. The number of aromatic nitrogens is 4. The quantitative estimate of drug-likeness (QED) is 0.353. The fourth-order valence-electron chi connectivity index (χ4n) is 2.38. The van der Waals surface area contributed by atoms with Crippen LogP contribution in [-0.4, -0.2) is 46.2 Å². The molecule has 0 fully saturated rings. The van der Waals surface area contributed by atoms with Crippen LogP contribution in [0.5, 0.6) is 11.5 Å². The highest BCUT2D eigenvalue weighted by atomic mass is 35.5. The summed E-state index contributed by atoms with van der Waals surface area (Å²) >= 11 is 1.62. The summed E-state index contributed by atoms with van der Waals surface area (Å²) < 4.78 is 12.9. The Morgan fingerprint density at radius 3 is 2.81 bits per heavy atom. The molecule has 0 radical (unpaired) electrons. The zero-order valence-electron chi connectivity index (χ0n) is 15.4. The van der Waals surface area contributed by atoms with Crippen molar-refractivity contribution in [1.82, 2.24) is 25.5 Å². The van der Waals surface area contributed by atoms with Crippen molar-refractivity contribution in [3.8, 4) is 11.5 Å². The van der Waals surface area contributed by atoms with Crippen LogP contribution in [-0.2, 0) is 20.0 Å². The molecule has 0 aliphatic carbocycles. The first-order valence-electron chi connectivity index (χ1n) is 8.18. The van der Waals surface area contributed by atoms with Crippen molar-refractivity contribution in [2.24, 2.45) is 7.05 Å². The molecule has 0 saturated carbocycles. The van der Waals surface area contributed by atoms with Crippen LogP contribution >= 0.6 is 24.2 Å². The van der Waals surface area contributed by atoms with Crippen molar-refractivity contribution in [2.75, 3.05) is 26.0 Å². The van der Waals surface area contributed by atoms with E-state index in [0.717, 1.165) is 53.0 Å². The van der Waals surface area contributed by atoms with Gasteiger partial charge in [-0.2, -0.15) is 0 Å². The predicted molar refractivity (Wildman–Crippen MR) is 107 cm³/mol. The molecule has 144 valence electrons. The van der Waals surface area contributed by atoms with Gasteiger partial charge < -0.3 is 14.8 Å². The van der Waals surface area contributed by atoms with Crippen LogP contribution in [0.4, 0.5) is 0 Å². The Labute approximate surface area is 164 Å². The molecule has 7 nitrogen and oxygen atoms in total. The number of allylic oxidation sites excluding steroid dienone is 1. The van der Waals surface area contributed by atoms with Gasteiger partial charge in [0.05, 0.1) is 13.7 Å². The fraction of sp³-hybridized carbons (Fsp3) is 0.471. The number of hydrogen-bond acceptors (Lipinski definition) is 7. The van der Waals surface area contributed by atoms with Gasteiger partial charge in [-0.1, -0.05) is 23.9 Å². The topological polar surface area (TPSA) is 74.1 Å². The Kier molecular flexibility index (Phi) is 10.1. The summed E-state index contributed by atoms with van der Waals surface area (Å²) in [5.74, 6) is 2.46. The first kappa shape index (κ1) is 22.3. The summed E-state index contributed by atoms with van der Waals surface area (Å²) in [6.45, 7) is 8.01. The minimum Gasteiger partial charge on any atom is -0.493 e. The van der Waals surface area contributed by atoms with Crippen LogP contribution in [0.15, 0.2) is 29.9 Å². The second-order valence-electron chi connectivity index (χ2n) is 5.32. The third-order valence-electron chi connectivity index (χ3n) is 3.48. The zero-order valence-corrected chi connectivity index (χ0v) is 17.0. The lowest BCUT2D eigenvalue weighted by molar-refractivity contribution is 0.308. The number of nitrogens with zero attached hydrogens (tertiary/aromatic N) is 4. The van der Waals surface area contributed by atoms with Crippen LogP contribution in [0.3, 0.4) is 0 Å². The molecule has 0 amide bonds. The largest absolute Gasteiger partial charge is 0.493 e. The summed E-state index contributed by atoms with van der Waals surface area (Å²) in [4.78, 5) is 0. The molecule has 1 aromatic heterocycles. The minimum atomic E-state index is 0. The summed E-state index contributed by atoms with van der Waals surface area (Å²) in [6.07, 6.45) is 2.62. The second-order valence-corrected chi connectivity index (χ2v) is 6.38. The molecule has 1 N–H and O–H groups in total. The maximum atomic E-state index is 5.74. The van der Waals surface area contributed by atoms with Crippen LogP contribution in [0, 0.1) is 0 Å². The van der Waals surface area contributed by atoms with Gasteiger partial charge in [0.1, 0.15) is 0 Å². The van der Waals surface area contributed by atoms with E-state index in [1.165, 1.54) is 0 Å². The third kappa shape index (κ3) is 6.19. The second kappa shape index (κ2) is 11.8. The van der Waals surface area contributed by atoms with Gasteiger partial charge in [0, 0.05) is 31.5 Å². The number of thioether (sulfide) groups is 1. The maximum Gasteiger partial charge on any atom is 0.209 e. The first-order chi connectivity index (χ1) is 12.2. The van der Waals surface area contributed by atoms with E-state index in [-0.39, 0.29) is 12.4 Å². The number of ether oxygens (including phenoxy) is 2. The molecule has 1 heterocycles. The Balaban J connectivity index is 0.00000338. The Hall–Kier alpha value is -1.77. The van der Waals surface area contributed by atoms with Gasteiger partial charge in [-0.3, -0.25) is 0 Å². The predicted octanol–water partition coefficient (Wildman–Crippen LogP) is 2.65. The number of tetrazole rings is 1. The van der Waals surface area contributed by atoms with Crippen molar-refractivity contribution in [1.29, 1.82) is 0 Å². The lowest BCUT2D eigenvalue weighted by Crippen LogP contribution is -2.17. The molecule has 0 saturated heterocycles. The molecular formula is C17H26ClN5O2S. The molecular weight excluding hydrogens is 374 g/mol. The van der Waals surface area contributed by atoms with Crippen LogP contribution in [0.2, 0.25) is 0 Å². The van der Waals surface area contributed by atoms with Crippen LogP contribution in [0.1, 0.15) is 18.1 Å². The number of aryl methyl sites for hydroxylation is 1. The number of nitrogens with one attached hydrogen (secondary N) is 1. The van der Waals surface area contributed by atoms with Gasteiger partial charge in [-0.25, -0.2) is 4.68 Å². The lowest BCUT2D eigenvalue weighted by Gasteiger charge is -2.16. The molecule has 2 rings (SSSR count). The van der Waals surface area contributed by atoms with Gasteiger partial charge in [0.25, 0.3) is 0 Å². The monoisotopic (exact) mass is 399 g/mol. The van der Waals surface area contributed by atoms with Gasteiger partial charge in [-0.15, -0.1) is 24.1 Å². The summed E-state index contributed by atoms with van der Waals surface area (Å²) in [6, 6.07) is 4.16. The Morgan fingerprint density at radius 2 is 2.19 bits per heavy atom. The smallest absolute Gasteiger partial charge is 0.209 e. The molecule has 0 aliphatic heterocycles. The van der Waals surface area contributed by atoms with Gasteiger partial charge in [0.15, 0.2) is 11.5 Å². The Bertz CT molecular complexity index is 696. The molecule has 26 heavy (non-hydrogen) atoms. The van der Waals surface area contributed by atoms with Crippen molar-refractivity contribution in [3.05, 3.63) is 35.9 Å². The molecule has 9 heteroatoms. The van der Waals surface area contributed by atoms with Crippen LogP contribution < -0.4 is 14.8 Å². The van der Waals surface area contributed by atoms with Crippen LogP contribution in [0.25, 0.3) is 0 Å². The molecule has 0 aliphatic rings. The Morgan fingerprint density at radius 1 is 1.38 bits per heavy atom. The SMILES string of the molecule is C=CCc1cc(CNCCSc2nnnn2C)cc(OC)c1OCC.Cl. The van der Waals surface area contributed by atoms with E-state index in [9.17, 15) is 0 Å². The van der Waals surface area contributed by atoms with Gasteiger partial charge >= 0.3 is 0 Å². The van der Waals surface area contributed by atoms with Crippen molar-refractivity contribution < 1.29 is 9.47 Å². The average Bonchev–Trinajstić information content (AvgIpc) is 3.02. The average molecular weight is 400 g/mol. The highest BCUT2D eigenvalue weighted by molar-refractivity contribution is 7.99. The number of benzene rings is 1. The van der Waals surface area contributed by atoms with E-state index in [1.54, 1.807) is 23.6 Å². The molecule has 0 unspecified atom stereocenters. The summed E-state index contributed by atoms with van der Waals surface area (Å²) in [7, 11) is 3.50. The van der Waals surface area contributed by atoms with Crippen molar-refractivity contribution >= 4 is 24.2 Å². The van der Waals surface area contributed by atoms with E-state index in [1.807, 2.05) is 26.1 Å². The number of methoxy groups -OCH3 is 1. The van der Waals surface area contributed by atoms with E-state index in [0.29, 0.717) is 6.61 Å². The van der Waals surface area contributed by atoms with E-state index in [4.69, 9.17) is 9.47 Å². The zero-order chi connectivity index (χ0) is 18.1. The van der Waals surface area contributed by atoms with Gasteiger partial charge in [0.2, 0.25) is 5.16 Å². The molecule has 2 aromatic rings. The van der Waals surface area contributed by atoms with Crippen molar-refractivity contribution in [3.63, 3.8) is 0 Å². The number of rotatable bonds is 11. The highest BCUT2D eigenvalue weighted by Gasteiger charge is 2.12. The molecule has 0 atom stereocenters. The summed E-state index contributed by atoms with van der Waals surface area (Å²) in [5, 5.41) is 15.6. The molecule has 1 aromatic carbocycles. The number of hydrogen-bond donors (Lipinski definition) is 1. The van der Waals surface area contributed by atoms with E-state index in [2.05, 4.69) is 33.5 Å². The normalized spacial score (nSPS) is 10.3. The van der Waals surface area contributed by atoms with Gasteiger partial charge in [-0.05, 0) is 35.4 Å². The fourth-order valence-corrected chi connectivity index (χ4v) is 3.13. The standard InChI is InChI=1S/C17H25N5O2S.ClH/c1-5-7-14-10-13(11-15(23-4)16(14)24-6-2)12-18-8-9-25-17-19-20-21-22(17)3;/h5,10-11,18H,1,6-9,12H2,2-4H3;1H. The maximum absolute atomic E-state index is 5.74. The van der Waals surface area contributed by atoms with E-state index < -0.39 is 0 Å². The highest BCUT2D eigenvalue weighted by Crippen LogP contribution is 2.33.